The van der Waals surface area contributed by atoms with Gasteiger partial charge in [0.15, 0.2) is 0 Å². The van der Waals surface area contributed by atoms with Crippen molar-refractivity contribution in [3.63, 3.8) is 0 Å². The molecule has 0 radical (unpaired) electrons. The zero-order valence-electron chi connectivity index (χ0n) is 15.4. The van der Waals surface area contributed by atoms with Crippen LogP contribution in [0.25, 0.3) is 10.8 Å². The normalized spacial score (nSPS) is 11.2. The standard InChI is InChI=1S/C23H19N3O2/c1-28-19-13-11-18(12-14-19)16-24-26-23(27)21-10-6-5-9-20(21)22(25-26)15-17-7-3-2-4-8-17/h2-14,16H,15H2,1H3. The number of rotatable bonds is 5. The van der Waals surface area contributed by atoms with Crippen molar-refractivity contribution in [2.45, 2.75) is 6.42 Å². The topological polar surface area (TPSA) is 56.5 Å². The van der Waals surface area contributed by atoms with Gasteiger partial charge >= 0.3 is 0 Å². The lowest BCUT2D eigenvalue weighted by molar-refractivity contribution is 0.415. The van der Waals surface area contributed by atoms with E-state index < -0.39 is 0 Å². The van der Waals surface area contributed by atoms with Crippen LogP contribution in [0.15, 0.2) is 88.8 Å². The number of hydrogen-bond donors (Lipinski definition) is 0. The molecule has 1 aromatic heterocycles. The maximum absolute atomic E-state index is 12.8. The molecule has 0 unspecified atom stereocenters. The Bertz CT molecular complexity index is 1180. The van der Waals surface area contributed by atoms with Gasteiger partial charge in [-0.15, -0.1) is 4.79 Å². The first-order valence-electron chi connectivity index (χ1n) is 8.98. The molecule has 1 heterocycles. The van der Waals surface area contributed by atoms with Crippen molar-refractivity contribution < 1.29 is 4.74 Å². The summed E-state index contributed by atoms with van der Waals surface area (Å²) < 4.78 is 5.16. The molecule has 5 heteroatoms. The number of ether oxygens (including phenoxy) is 1. The minimum Gasteiger partial charge on any atom is -0.497 e. The molecule has 0 atom stereocenters. The number of hydrogen-bond acceptors (Lipinski definition) is 4. The Balaban J connectivity index is 1.76. The summed E-state index contributed by atoms with van der Waals surface area (Å²) in [5.41, 5.74) is 2.56. The van der Waals surface area contributed by atoms with E-state index in [9.17, 15) is 4.79 Å². The molecule has 0 saturated heterocycles. The van der Waals surface area contributed by atoms with Crippen molar-refractivity contribution in [1.29, 1.82) is 0 Å². The zero-order chi connectivity index (χ0) is 19.3. The quantitative estimate of drug-likeness (QED) is 0.502. The first kappa shape index (κ1) is 17.7. The summed E-state index contributed by atoms with van der Waals surface area (Å²) in [6.07, 6.45) is 2.24. The Labute approximate surface area is 162 Å². The van der Waals surface area contributed by atoms with Gasteiger partial charge in [-0.25, -0.2) is 0 Å². The number of aromatic nitrogens is 2. The summed E-state index contributed by atoms with van der Waals surface area (Å²) in [5.74, 6) is 0.767. The van der Waals surface area contributed by atoms with Crippen LogP contribution in [0, 0.1) is 0 Å². The monoisotopic (exact) mass is 369 g/mol. The van der Waals surface area contributed by atoms with Crippen molar-refractivity contribution in [3.05, 3.63) is 106 Å². The molecular formula is C23H19N3O2. The first-order valence-corrected chi connectivity index (χ1v) is 8.98. The largest absolute Gasteiger partial charge is 0.497 e. The van der Waals surface area contributed by atoms with Crippen LogP contribution < -0.4 is 10.3 Å². The number of benzene rings is 3. The minimum absolute atomic E-state index is 0.239. The highest BCUT2D eigenvalue weighted by molar-refractivity contribution is 5.84. The molecule has 0 saturated carbocycles. The fraction of sp³-hybridized carbons (Fsp3) is 0.0870. The van der Waals surface area contributed by atoms with Gasteiger partial charge in [-0.1, -0.05) is 48.5 Å². The average molecular weight is 369 g/mol. The van der Waals surface area contributed by atoms with Gasteiger partial charge in [0, 0.05) is 11.8 Å². The van der Waals surface area contributed by atoms with E-state index in [1.807, 2.05) is 78.9 Å². The average Bonchev–Trinajstić information content (AvgIpc) is 2.76. The van der Waals surface area contributed by atoms with E-state index in [0.717, 1.165) is 28.0 Å². The van der Waals surface area contributed by atoms with E-state index in [0.29, 0.717) is 11.8 Å². The SMILES string of the molecule is COc1ccc(C=Nn2nc(Cc3ccccc3)c3ccccc3c2=O)cc1. The highest BCUT2D eigenvalue weighted by atomic mass is 16.5. The highest BCUT2D eigenvalue weighted by Gasteiger charge is 2.10. The lowest BCUT2D eigenvalue weighted by atomic mass is 10.0. The van der Waals surface area contributed by atoms with Gasteiger partial charge < -0.3 is 4.74 Å². The van der Waals surface area contributed by atoms with E-state index in [2.05, 4.69) is 10.2 Å². The summed E-state index contributed by atoms with van der Waals surface area (Å²) in [7, 11) is 1.62. The number of methoxy groups -OCH3 is 1. The molecule has 0 aliphatic carbocycles. The Kier molecular flexibility index (Phi) is 4.97. The van der Waals surface area contributed by atoms with Gasteiger partial charge in [0.1, 0.15) is 5.75 Å². The molecule has 3 aromatic carbocycles. The molecule has 4 rings (SSSR count). The third kappa shape index (κ3) is 3.69. The van der Waals surface area contributed by atoms with E-state index in [1.54, 1.807) is 13.3 Å². The fourth-order valence-electron chi connectivity index (χ4n) is 3.05. The van der Waals surface area contributed by atoms with Gasteiger partial charge in [0.25, 0.3) is 5.56 Å². The van der Waals surface area contributed by atoms with Crippen molar-refractivity contribution in [1.82, 2.24) is 9.89 Å². The van der Waals surface area contributed by atoms with E-state index in [1.165, 1.54) is 4.79 Å². The molecule has 0 spiro atoms. The van der Waals surface area contributed by atoms with Gasteiger partial charge in [-0.3, -0.25) is 4.79 Å². The van der Waals surface area contributed by atoms with E-state index in [4.69, 9.17) is 4.74 Å². The minimum atomic E-state index is -0.239. The van der Waals surface area contributed by atoms with Gasteiger partial charge in [-0.2, -0.15) is 10.2 Å². The molecule has 5 nitrogen and oxygen atoms in total. The fourth-order valence-corrected chi connectivity index (χ4v) is 3.05. The third-order valence-corrected chi connectivity index (χ3v) is 4.51. The zero-order valence-corrected chi connectivity index (χ0v) is 15.4. The summed E-state index contributed by atoms with van der Waals surface area (Å²) in [5, 5.41) is 10.3. The Morgan fingerprint density at radius 2 is 1.61 bits per heavy atom. The first-order chi connectivity index (χ1) is 13.7. The second-order valence-electron chi connectivity index (χ2n) is 6.37. The third-order valence-electron chi connectivity index (χ3n) is 4.51. The molecule has 28 heavy (non-hydrogen) atoms. The Morgan fingerprint density at radius 3 is 2.32 bits per heavy atom. The predicted octanol–water partition coefficient (Wildman–Crippen LogP) is 3.88. The summed E-state index contributed by atoms with van der Waals surface area (Å²) in [6.45, 7) is 0. The molecule has 0 aliphatic rings. The number of fused-ring (bicyclic) bond motifs is 1. The second-order valence-corrected chi connectivity index (χ2v) is 6.37. The van der Waals surface area contributed by atoms with Crippen LogP contribution in [-0.4, -0.2) is 23.2 Å². The number of nitrogens with zero attached hydrogens (tertiary/aromatic N) is 3. The van der Waals surface area contributed by atoms with Crippen LogP contribution in [0.4, 0.5) is 0 Å². The summed E-state index contributed by atoms with van der Waals surface area (Å²) in [4.78, 5) is 14.0. The Hall–Kier alpha value is -3.73. The molecule has 0 bridgehead atoms. The van der Waals surface area contributed by atoms with Crippen LogP contribution in [-0.2, 0) is 6.42 Å². The van der Waals surface area contributed by atoms with Crippen molar-refractivity contribution in [3.8, 4) is 5.75 Å². The highest BCUT2D eigenvalue weighted by Crippen LogP contribution is 2.17. The molecule has 0 fully saturated rings. The van der Waals surface area contributed by atoms with E-state index >= 15 is 0 Å². The van der Waals surface area contributed by atoms with Crippen LogP contribution in [0.3, 0.4) is 0 Å². The van der Waals surface area contributed by atoms with Crippen LogP contribution >= 0.6 is 0 Å². The van der Waals surface area contributed by atoms with Gasteiger partial charge in [0.05, 0.1) is 24.4 Å². The lowest BCUT2D eigenvalue weighted by Crippen LogP contribution is -2.21. The van der Waals surface area contributed by atoms with Crippen molar-refractivity contribution in [2.24, 2.45) is 5.10 Å². The molecule has 4 aromatic rings. The predicted molar refractivity (Wildman–Crippen MR) is 111 cm³/mol. The Morgan fingerprint density at radius 1 is 0.929 bits per heavy atom. The smallest absolute Gasteiger partial charge is 0.295 e. The second kappa shape index (κ2) is 7.88. The van der Waals surface area contributed by atoms with Crippen LogP contribution in [0.5, 0.6) is 5.75 Å². The van der Waals surface area contributed by atoms with Gasteiger partial charge in [0.2, 0.25) is 0 Å². The maximum Gasteiger partial charge on any atom is 0.295 e. The molecule has 0 N–H and O–H groups in total. The molecular weight excluding hydrogens is 350 g/mol. The lowest BCUT2D eigenvalue weighted by Gasteiger charge is -2.08. The summed E-state index contributed by atoms with van der Waals surface area (Å²) in [6, 6.07) is 25.0. The van der Waals surface area contributed by atoms with Gasteiger partial charge in [-0.05, 0) is 41.5 Å². The molecule has 0 aliphatic heterocycles. The van der Waals surface area contributed by atoms with E-state index in [-0.39, 0.29) is 5.56 Å². The molecule has 0 amide bonds. The van der Waals surface area contributed by atoms with Crippen molar-refractivity contribution in [2.75, 3.05) is 7.11 Å². The van der Waals surface area contributed by atoms with Crippen molar-refractivity contribution >= 4 is 17.0 Å². The molecule has 138 valence electrons. The summed E-state index contributed by atoms with van der Waals surface area (Å²) >= 11 is 0. The van der Waals surface area contributed by atoms with Crippen LogP contribution in [0.2, 0.25) is 0 Å². The maximum atomic E-state index is 12.8. The van der Waals surface area contributed by atoms with Crippen LogP contribution in [0.1, 0.15) is 16.8 Å².